The Hall–Kier alpha value is -3.14. The first kappa shape index (κ1) is 19.2. The number of nitrogens with one attached hydrogen (secondary N) is 1. The molecule has 4 nitrogen and oxygen atoms in total. The molecule has 0 aromatic heterocycles. The third-order valence-electron chi connectivity index (χ3n) is 3.47. The van der Waals surface area contributed by atoms with Crippen LogP contribution >= 0.6 is 0 Å². The van der Waals surface area contributed by atoms with E-state index >= 15 is 0 Å². The maximum atomic E-state index is 12.5. The fourth-order valence-corrected chi connectivity index (χ4v) is 2.16. The minimum absolute atomic E-state index is 0.0672. The van der Waals surface area contributed by atoms with Crippen molar-refractivity contribution in [1.82, 2.24) is 5.32 Å². The Bertz CT molecular complexity index is 808. The van der Waals surface area contributed by atoms with Crippen LogP contribution in [0.4, 0.5) is 13.2 Å². The second kappa shape index (κ2) is 8.30. The summed E-state index contributed by atoms with van der Waals surface area (Å²) in [6, 6.07) is 9.08. The predicted octanol–water partition coefficient (Wildman–Crippen LogP) is 3.66. The predicted molar refractivity (Wildman–Crippen MR) is 89.9 cm³/mol. The summed E-state index contributed by atoms with van der Waals surface area (Å²) in [5.74, 6) is 2.80. The van der Waals surface area contributed by atoms with Crippen molar-refractivity contribution in [1.29, 1.82) is 0 Å². The van der Waals surface area contributed by atoms with E-state index in [0.717, 1.165) is 29.8 Å². The zero-order valence-corrected chi connectivity index (χ0v) is 13.9. The van der Waals surface area contributed by atoms with Gasteiger partial charge in [-0.2, -0.15) is 13.2 Å². The zero-order chi connectivity index (χ0) is 19.2. The highest BCUT2D eigenvalue weighted by molar-refractivity contribution is 5.94. The van der Waals surface area contributed by atoms with Crippen molar-refractivity contribution in [2.45, 2.75) is 12.7 Å². The first-order valence-corrected chi connectivity index (χ1v) is 7.53. The molecule has 0 saturated heterocycles. The van der Waals surface area contributed by atoms with Crippen molar-refractivity contribution in [3.05, 3.63) is 59.2 Å². The molecule has 0 aliphatic carbocycles. The van der Waals surface area contributed by atoms with Crippen molar-refractivity contribution >= 4 is 5.91 Å². The van der Waals surface area contributed by atoms with Crippen LogP contribution in [0.5, 0.6) is 11.5 Å². The summed E-state index contributed by atoms with van der Waals surface area (Å²) >= 11 is 0. The monoisotopic (exact) mass is 363 g/mol. The number of hydrogen-bond donors (Lipinski definition) is 1. The zero-order valence-electron chi connectivity index (χ0n) is 13.9. The van der Waals surface area contributed by atoms with Gasteiger partial charge in [0.2, 0.25) is 0 Å². The molecular formula is C19H16F3NO3. The fraction of sp³-hybridized carbons (Fsp3) is 0.211. The molecule has 0 aliphatic heterocycles. The van der Waals surface area contributed by atoms with Crippen LogP contribution in [-0.2, 0) is 12.7 Å². The quantitative estimate of drug-likeness (QED) is 0.797. The van der Waals surface area contributed by atoms with Crippen LogP contribution in [0.25, 0.3) is 0 Å². The van der Waals surface area contributed by atoms with Gasteiger partial charge >= 0.3 is 6.18 Å². The molecule has 0 atom stereocenters. The van der Waals surface area contributed by atoms with Crippen molar-refractivity contribution < 1.29 is 27.4 Å². The van der Waals surface area contributed by atoms with Crippen molar-refractivity contribution in [3.8, 4) is 23.8 Å². The summed E-state index contributed by atoms with van der Waals surface area (Å²) in [6.07, 6.45) is 0.725. The maximum absolute atomic E-state index is 12.5. The summed E-state index contributed by atoms with van der Waals surface area (Å²) in [5.41, 5.74) is 0.0490. The molecule has 0 radical (unpaired) electrons. The molecule has 0 saturated carbocycles. The van der Waals surface area contributed by atoms with Gasteiger partial charge < -0.3 is 14.8 Å². The number of halogens is 3. The Morgan fingerprint density at radius 1 is 1.15 bits per heavy atom. The molecule has 0 spiro atoms. The summed E-state index contributed by atoms with van der Waals surface area (Å²) in [6.45, 7) is 0.230. The maximum Gasteiger partial charge on any atom is 0.416 e. The molecule has 2 rings (SSSR count). The van der Waals surface area contributed by atoms with E-state index in [4.69, 9.17) is 15.9 Å². The van der Waals surface area contributed by atoms with Gasteiger partial charge in [-0.25, -0.2) is 0 Å². The number of terminal acetylenes is 1. The highest BCUT2D eigenvalue weighted by Gasteiger charge is 2.30. The van der Waals surface area contributed by atoms with Crippen molar-refractivity contribution in [2.24, 2.45) is 0 Å². The molecular weight excluding hydrogens is 347 g/mol. The largest absolute Gasteiger partial charge is 0.493 e. The molecule has 0 bridgehead atoms. The van der Waals surface area contributed by atoms with E-state index in [1.165, 1.54) is 7.11 Å². The van der Waals surface area contributed by atoms with Gasteiger partial charge in [0.1, 0.15) is 6.61 Å². The van der Waals surface area contributed by atoms with E-state index in [2.05, 4.69) is 11.2 Å². The van der Waals surface area contributed by atoms with Gasteiger partial charge in [0.05, 0.1) is 12.7 Å². The van der Waals surface area contributed by atoms with Gasteiger partial charge in [-0.15, -0.1) is 6.42 Å². The van der Waals surface area contributed by atoms with Gasteiger partial charge in [-0.3, -0.25) is 4.79 Å². The smallest absolute Gasteiger partial charge is 0.416 e. The molecule has 2 aromatic carbocycles. The lowest BCUT2D eigenvalue weighted by atomic mass is 10.1. The Labute approximate surface area is 148 Å². The lowest BCUT2D eigenvalue weighted by Gasteiger charge is -2.12. The summed E-state index contributed by atoms with van der Waals surface area (Å²) < 4.78 is 48.2. The van der Waals surface area contributed by atoms with Gasteiger partial charge in [0, 0.05) is 12.1 Å². The molecule has 0 fully saturated rings. The number of amides is 1. The highest BCUT2D eigenvalue weighted by atomic mass is 19.4. The molecule has 26 heavy (non-hydrogen) atoms. The summed E-state index contributed by atoms with van der Waals surface area (Å²) in [5, 5.41) is 2.64. The Balaban J connectivity index is 2.04. The molecule has 0 aliphatic rings. The first-order valence-electron chi connectivity index (χ1n) is 7.53. The number of ether oxygens (including phenoxy) is 2. The van der Waals surface area contributed by atoms with Crippen LogP contribution in [0, 0.1) is 12.3 Å². The average Bonchev–Trinajstić information content (AvgIpc) is 2.63. The lowest BCUT2D eigenvalue weighted by molar-refractivity contribution is -0.137. The molecule has 1 amide bonds. The van der Waals surface area contributed by atoms with E-state index in [9.17, 15) is 18.0 Å². The number of hydrogen-bond acceptors (Lipinski definition) is 3. The van der Waals surface area contributed by atoms with Crippen LogP contribution in [-0.4, -0.2) is 19.6 Å². The van der Waals surface area contributed by atoms with Gasteiger partial charge in [-0.05, 0) is 42.0 Å². The normalized spacial score (nSPS) is 10.7. The highest BCUT2D eigenvalue weighted by Crippen LogP contribution is 2.29. The van der Waals surface area contributed by atoms with E-state index in [-0.39, 0.29) is 18.7 Å². The Kier molecular flexibility index (Phi) is 6.12. The van der Waals surface area contributed by atoms with Gasteiger partial charge in [0.25, 0.3) is 5.91 Å². The fourth-order valence-electron chi connectivity index (χ4n) is 2.16. The van der Waals surface area contributed by atoms with Crippen LogP contribution in [0.1, 0.15) is 21.5 Å². The lowest BCUT2D eigenvalue weighted by Crippen LogP contribution is -2.23. The summed E-state index contributed by atoms with van der Waals surface area (Å²) in [4.78, 5) is 12.1. The Morgan fingerprint density at radius 2 is 1.85 bits per heavy atom. The molecule has 2 aromatic rings. The SMILES string of the molecule is C#CCOc1cc(CNC(=O)c2ccc(C(F)(F)F)cc2)ccc1OC. The second-order valence-corrected chi connectivity index (χ2v) is 5.24. The van der Waals surface area contributed by atoms with Crippen LogP contribution in [0.2, 0.25) is 0 Å². The minimum Gasteiger partial charge on any atom is -0.493 e. The third-order valence-corrected chi connectivity index (χ3v) is 3.47. The van der Waals surface area contributed by atoms with E-state index in [0.29, 0.717) is 11.5 Å². The number of carbonyl (C=O) groups is 1. The van der Waals surface area contributed by atoms with Crippen molar-refractivity contribution in [2.75, 3.05) is 13.7 Å². The van der Waals surface area contributed by atoms with Gasteiger partial charge in [-0.1, -0.05) is 12.0 Å². The topological polar surface area (TPSA) is 47.6 Å². The molecule has 7 heteroatoms. The number of carbonyl (C=O) groups excluding carboxylic acids is 1. The molecule has 0 unspecified atom stereocenters. The average molecular weight is 363 g/mol. The number of benzene rings is 2. The van der Waals surface area contributed by atoms with Crippen molar-refractivity contribution in [3.63, 3.8) is 0 Å². The molecule has 1 N–H and O–H groups in total. The van der Waals surface area contributed by atoms with Gasteiger partial charge in [0.15, 0.2) is 11.5 Å². The van der Waals surface area contributed by atoms with E-state index in [1.54, 1.807) is 18.2 Å². The summed E-state index contributed by atoms with van der Waals surface area (Å²) in [7, 11) is 1.49. The minimum atomic E-state index is -4.44. The number of alkyl halides is 3. The van der Waals surface area contributed by atoms with E-state index < -0.39 is 17.6 Å². The Morgan fingerprint density at radius 3 is 2.42 bits per heavy atom. The third kappa shape index (κ3) is 4.93. The van der Waals surface area contributed by atoms with E-state index in [1.807, 2.05) is 0 Å². The van der Waals surface area contributed by atoms with Crippen LogP contribution in [0.15, 0.2) is 42.5 Å². The molecule has 0 heterocycles. The molecule has 136 valence electrons. The standard InChI is InChI=1S/C19H16F3NO3/c1-3-10-26-17-11-13(4-9-16(17)25-2)12-23-18(24)14-5-7-15(8-6-14)19(20,21)22/h1,4-9,11H,10,12H2,2H3,(H,23,24). The van der Waals surface area contributed by atoms with Crippen LogP contribution < -0.4 is 14.8 Å². The number of methoxy groups -OCH3 is 1. The number of rotatable bonds is 6. The van der Waals surface area contributed by atoms with Crippen LogP contribution in [0.3, 0.4) is 0 Å². The first-order chi connectivity index (χ1) is 12.3. The second-order valence-electron chi connectivity index (χ2n) is 5.24.